The van der Waals surface area contributed by atoms with Crippen LogP contribution in [0.15, 0.2) is 73.4 Å². The van der Waals surface area contributed by atoms with Crippen molar-refractivity contribution in [2.75, 3.05) is 5.32 Å². The average molecular weight is 559 g/mol. The molecule has 1 unspecified atom stereocenters. The lowest BCUT2D eigenvalue weighted by Gasteiger charge is -2.18. The van der Waals surface area contributed by atoms with E-state index in [4.69, 9.17) is 11.6 Å². The molecule has 0 saturated heterocycles. The Kier molecular flexibility index (Phi) is 6.72. The number of hydrogen-bond acceptors (Lipinski definition) is 6. The largest absolute Gasteiger partial charge is 0.618 e. The number of benzene rings is 2. The van der Waals surface area contributed by atoms with E-state index in [0.717, 1.165) is 35.1 Å². The van der Waals surface area contributed by atoms with Crippen LogP contribution in [-0.4, -0.2) is 35.9 Å². The molecule has 1 amide bonds. The highest BCUT2D eigenvalue weighted by Crippen LogP contribution is 2.39. The highest BCUT2D eigenvalue weighted by Gasteiger charge is 2.32. The average Bonchev–Trinajstić information content (AvgIpc) is 3.36. The molecule has 1 saturated carbocycles. The lowest BCUT2D eigenvalue weighted by Crippen LogP contribution is -2.35. The van der Waals surface area contributed by atoms with E-state index in [2.05, 4.69) is 25.9 Å². The van der Waals surface area contributed by atoms with Crippen LogP contribution in [-0.2, 0) is 4.79 Å². The molecular weight excluding hydrogens is 535 g/mol. The van der Waals surface area contributed by atoms with Gasteiger partial charge in [0.25, 0.3) is 0 Å². The Balaban J connectivity index is 1.34. The van der Waals surface area contributed by atoms with Crippen LogP contribution in [0.3, 0.4) is 0 Å². The lowest BCUT2D eigenvalue weighted by atomic mass is 10.0. The van der Waals surface area contributed by atoms with Gasteiger partial charge in [-0.05, 0) is 58.7 Å². The fraction of sp³-hybridized carbons (Fsp3) is 0.214. The third kappa shape index (κ3) is 5.15. The molecule has 1 aliphatic carbocycles. The number of carbonyl (C=O) groups excluding carboxylic acids is 1. The quantitative estimate of drug-likeness (QED) is 0.212. The standard InChI is InChI=1S/C28H24ClFN8O2/c1-17(39)33-22-7-4-19(5-8-22)21-13-32-36(14-21)26(12-18-2-3-18)24-10-6-20(15-38(24)40)27-25(37-16-31-34-35-37)11-9-23(29)28(27)30/h4-11,13-16,18,26H,2-3,12H2,1H3,(H,33,39). The number of halogens is 2. The fourth-order valence-corrected chi connectivity index (χ4v) is 4.97. The Labute approximate surface area is 233 Å². The first-order chi connectivity index (χ1) is 19.4. The highest BCUT2D eigenvalue weighted by atomic mass is 35.5. The summed E-state index contributed by atoms with van der Waals surface area (Å²) >= 11 is 6.10. The minimum absolute atomic E-state index is 0.0749. The number of tetrazole rings is 1. The van der Waals surface area contributed by atoms with Crippen molar-refractivity contribution in [3.63, 3.8) is 0 Å². The maximum atomic E-state index is 15.3. The Morgan fingerprint density at radius 1 is 1.15 bits per heavy atom. The van der Waals surface area contributed by atoms with Crippen molar-refractivity contribution in [3.8, 4) is 27.9 Å². The molecule has 0 spiro atoms. The van der Waals surface area contributed by atoms with Crippen molar-refractivity contribution in [1.82, 2.24) is 30.0 Å². The number of pyridine rings is 1. The number of anilines is 1. The Hall–Kier alpha value is -4.64. The Bertz CT molecular complexity index is 1680. The predicted octanol–water partition coefficient (Wildman–Crippen LogP) is 4.97. The number of nitrogens with zero attached hydrogens (tertiary/aromatic N) is 7. The van der Waals surface area contributed by atoms with Crippen molar-refractivity contribution in [3.05, 3.63) is 95.2 Å². The zero-order chi connectivity index (χ0) is 27.8. The first-order valence-corrected chi connectivity index (χ1v) is 13.1. The Morgan fingerprint density at radius 3 is 2.60 bits per heavy atom. The third-order valence-electron chi connectivity index (χ3n) is 6.96. The molecule has 202 valence electrons. The molecule has 6 rings (SSSR count). The van der Waals surface area contributed by atoms with Gasteiger partial charge in [-0.15, -0.1) is 5.10 Å². The number of nitrogens with one attached hydrogen (secondary N) is 1. The van der Waals surface area contributed by atoms with E-state index in [0.29, 0.717) is 28.6 Å². The predicted molar refractivity (Wildman–Crippen MR) is 146 cm³/mol. The monoisotopic (exact) mass is 558 g/mol. The normalized spacial score (nSPS) is 13.8. The van der Waals surface area contributed by atoms with Gasteiger partial charge in [-0.1, -0.05) is 36.6 Å². The first-order valence-electron chi connectivity index (χ1n) is 12.7. The second-order valence-electron chi connectivity index (χ2n) is 9.84. The summed E-state index contributed by atoms with van der Waals surface area (Å²) < 4.78 is 19.2. The van der Waals surface area contributed by atoms with Crippen molar-refractivity contribution in [2.45, 2.75) is 32.2 Å². The molecular formula is C28H24ClFN8O2. The van der Waals surface area contributed by atoms with Gasteiger partial charge in [-0.2, -0.15) is 14.5 Å². The summed E-state index contributed by atoms with van der Waals surface area (Å²) in [7, 11) is 0. The summed E-state index contributed by atoms with van der Waals surface area (Å²) in [6.45, 7) is 1.46. The van der Waals surface area contributed by atoms with E-state index in [1.54, 1.807) is 24.4 Å². The van der Waals surface area contributed by atoms with Crippen LogP contribution in [0.5, 0.6) is 0 Å². The molecule has 1 fully saturated rings. The maximum Gasteiger partial charge on any atom is 0.221 e. The van der Waals surface area contributed by atoms with Gasteiger partial charge in [0.2, 0.25) is 11.6 Å². The molecule has 0 radical (unpaired) electrons. The number of amides is 1. The van der Waals surface area contributed by atoms with Gasteiger partial charge in [0.05, 0.1) is 28.0 Å². The Morgan fingerprint density at radius 2 is 1.93 bits per heavy atom. The van der Waals surface area contributed by atoms with Gasteiger partial charge >= 0.3 is 0 Å². The molecule has 12 heteroatoms. The van der Waals surface area contributed by atoms with Crippen LogP contribution >= 0.6 is 11.6 Å². The molecule has 1 N–H and O–H groups in total. The fourth-order valence-electron chi connectivity index (χ4n) is 4.82. The molecule has 10 nitrogen and oxygen atoms in total. The summed E-state index contributed by atoms with van der Waals surface area (Å²) in [6.07, 6.45) is 9.34. The van der Waals surface area contributed by atoms with Crippen LogP contribution in [0.25, 0.3) is 27.9 Å². The summed E-state index contributed by atoms with van der Waals surface area (Å²) in [4.78, 5) is 11.3. The van der Waals surface area contributed by atoms with Crippen LogP contribution in [0.1, 0.15) is 37.9 Å². The van der Waals surface area contributed by atoms with Crippen LogP contribution in [0.2, 0.25) is 5.02 Å². The topological polar surface area (TPSA) is 117 Å². The van der Waals surface area contributed by atoms with Crippen LogP contribution < -0.4 is 10.0 Å². The molecule has 3 heterocycles. The molecule has 0 bridgehead atoms. The van der Waals surface area contributed by atoms with Crippen molar-refractivity contribution in [2.24, 2.45) is 5.92 Å². The molecule has 5 aromatic rings. The van der Waals surface area contributed by atoms with E-state index >= 15 is 4.39 Å². The zero-order valence-electron chi connectivity index (χ0n) is 21.4. The van der Waals surface area contributed by atoms with Gasteiger partial charge < -0.3 is 10.5 Å². The van der Waals surface area contributed by atoms with Crippen LogP contribution in [0, 0.1) is 16.9 Å². The van der Waals surface area contributed by atoms with Crippen LogP contribution in [0.4, 0.5) is 10.1 Å². The van der Waals surface area contributed by atoms with E-state index in [1.165, 1.54) is 30.2 Å². The zero-order valence-corrected chi connectivity index (χ0v) is 22.2. The van der Waals surface area contributed by atoms with Gasteiger partial charge in [0.15, 0.2) is 12.0 Å². The first kappa shape index (κ1) is 25.6. The van der Waals surface area contributed by atoms with Crippen molar-refractivity contribution < 1.29 is 13.9 Å². The van der Waals surface area contributed by atoms with E-state index in [-0.39, 0.29) is 22.5 Å². The lowest BCUT2D eigenvalue weighted by molar-refractivity contribution is -0.615. The summed E-state index contributed by atoms with van der Waals surface area (Å²) in [5.74, 6) is -0.297. The smallest absolute Gasteiger partial charge is 0.221 e. The maximum absolute atomic E-state index is 15.3. The summed E-state index contributed by atoms with van der Waals surface area (Å²) in [6, 6.07) is 13.6. The second kappa shape index (κ2) is 10.5. The van der Waals surface area contributed by atoms with Crippen molar-refractivity contribution >= 4 is 23.2 Å². The number of hydrogen-bond donors (Lipinski definition) is 1. The van der Waals surface area contributed by atoms with Gasteiger partial charge in [-0.25, -0.2) is 4.39 Å². The van der Waals surface area contributed by atoms with E-state index in [1.807, 2.05) is 35.1 Å². The van der Waals surface area contributed by atoms with Gasteiger partial charge in [0.1, 0.15) is 12.4 Å². The van der Waals surface area contributed by atoms with Gasteiger partial charge in [-0.3, -0.25) is 9.48 Å². The van der Waals surface area contributed by atoms with Gasteiger partial charge in [0, 0.05) is 30.4 Å². The minimum atomic E-state index is -0.668. The second-order valence-corrected chi connectivity index (χ2v) is 10.2. The molecule has 1 aliphatic rings. The summed E-state index contributed by atoms with van der Waals surface area (Å²) in [5, 5.41) is 31.9. The SMILES string of the molecule is CC(=O)Nc1ccc(-c2cnn(C(CC3CC3)c3ccc(-c4c(-n5cnnn5)ccc(Cl)c4F)c[n+]3[O-])c2)cc1. The van der Waals surface area contributed by atoms with Crippen molar-refractivity contribution in [1.29, 1.82) is 0 Å². The molecule has 0 aliphatic heterocycles. The number of aromatic nitrogens is 7. The number of rotatable bonds is 8. The minimum Gasteiger partial charge on any atom is -0.618 e. The molecule has 40 heavy (non-hydrogen) atoms. The number of carbonyl (C=O) groups is 1. The van der Waals surface area contributed by atoms with E-state index < -0.39 is 5.82 Å². The molecule has 2 aromatic carbocycles. The molecule has 1 atom stereocenters. The molecule has 3 aromatic heterocycles. The van der Waals surface area contributed by atoms with E-state index in [9.17, 15) is 10.0 Å². The third-order valence-corrected chi connectivity index (χ3v) is 7.25. The highest BCUT2D eigenvalue weighted by molar-refractivity contribution is 6.31. The summed E-state index contributed by atoms with van der Waals surface area (Å²) in [5.41, 5.74) is 3.85.